The maximum atomic E-state index is 13.9. The molecule has 9 heteroatoms. The fraction of sp³-hybridized carbons (Fsp3) is 0.556. The quantitative estimate of drug-likeness (QED) is 0.291. The Kier molecular flexibility index (Phi) is 8.70. The highest BCUT2D eigenvalue weighted by molar-refractivity contribution is 14.0. The Balaban J connectivity index is 0.00000364. The van der Waals surface area contributed by atoms with E-state index in [-0.39, 0.29) is 48.2 Å². The highest BCUT2D eigenvalue weighted by atomic mass is 127. The number of benzene rings is 1. The first-order valence-corrected chi connectivity index (χ1v) is 8.57. The van der Waals surface area contributed by atoms with Gasteiger partial charge in [-0.05, 0) is 39.3 Å². The predicted molar refractivity (Wildman–Crippen MR) is 113 cm³/mol. The number of nitrogens with zero attached hydrogens (tertiary/aromatic N) is 2. The third-order valence-corrected chi connectivity index (χ3v) is 3.83. The Labute approximate surface area is 175 Å². The van der Waals surface area contributed by atoms with E-state index in [0.717, 1.165) is 0 Å². The van der Waals surface area contributed by atoms with Crippen LogP contribution in [0, 0.1) is 11.6 Å². The molecule has 0 bridgehead atoms. The summed E-state index contributed by atoms with van der Waals surface area (Å²) in [6, 6.07) is 3.81. The fourth-order valence-corrected chi connectivity index (χ4v) is 2.79. The maximum Gasteiger partial charge on any atom is 0.325 e. The van der Waals surface area contributed by atoms with Crippen molar-refractivity contribution in [1.29, 1.82) is 0 Å². The Morgan fingerprint density at radius 2 is 1.96 bits per heavy atom. The van der Waals surface area contributed by atoms with Crippen LogP contribution >= 0.6 is 24.0 Å². The van der Waals surface area contributed by atoms with Gasteiger partial charge < -0.3 is 20.3 Å². The average molecular weight is 496 g/mol. The standard InChI is InChI=1S/C18H26F2N4O2.HI/c1-18(2,3)26-15(25)10-22-17(21-4)23-12-8-9-24(11-12)16-13(19)6-5-7-14(16)20;/h5-7,12H,8-11H2,1-4H3,(H2,21,22,23);1H. The van der Waals surface area contributed by atoms with Crippen LogP contribution in [-0.4, -0.2) is 50.3 Å². The number of guanidine groups is 1. The molecule has 1 aliphatic heterocycles. The zero-order valence-electron chi connectivity index (χ0n) is 16.0. The van der Waals surface area contributed by atoms with Gasteiger partial charge in [-0.3, -0.25) is 9.79 Å². The van der Waals surface area contributed by atoms with Gasteiger partial charge in [0.05, 0.1) is 0 Å². The van der Waals surface area contributed by atoms with E-state index in [2.05, 4.69) is 15.6 Å². The number of ether oxygens (including phenoxy) is 1. The number of hydrogen-bond donors (Lipinski definition) is 2. The molecule has 0 saturated carbocycles. The van der Waals surface area contributed by atoms with Gasteiger partial charge in [-0.1, -0.05) is 6.07 Å². The van der Waals surface area contributed by atoms with Gasteiger partial charge in [0.1, 0.15) is 29.5 Å². The summed E-state index contributed by atoms with van der Waals surface area (Å²) in [6.45, 7) is 6.34. The van der Waals surface area contributed by atoms with Crippen molar-refractivity contribution in [3.05, 3.63) is 29.8 Å². The van der Waals surface area contributed by atoms with Gasteiger partial charge in [-0.15, -0.1) is 24.0 Å². The minimum Gasteiger partial charge on any atom is -0.459 e. The molecule has 0 spiro atoms. The largest absolute Gasteiger partial charge is 0.459 e. The summed E-state index contributed by atoms with van der Waals surface area (Å²) in [5.41, 5.74) is -0.556. The molecule has 1 unspecified atom stereocenters. The molecule has 2 N–H and O–H groups in total. The monoisotopic (exact) mass is 496 g/mol. The second-order valence-electron chi connectivity index (χ2n) is 7.16. The van der Waals surface area contributed by atoms with Crippen LogP contribution < -0.4 is 15.5 Å². The van der Waals surface area contributed by atoms with Gasteiger partial charge in [-0.2, -0.15) is 0 Å². The summed E-state index contributed by atoms with van der Waals surface area (Å²) in [6.07, 6.45) is 0.695. The molecule has 1 saturated heterocycles. The number of anilines is 1. The van der Waals surface area contributed by atoms with Crippen LogP contribution in [0.1, 0.15) is 27.2 Å². The average Bonchev–Trinajstić information content (AvgIpc) is 2.97. The van der Waals surface area contributed by atoms with Gasteiger partial charge in [0.2, 0.25) is 0 Å². The van der Waals surface area contributed by atoms with Crippen LogP contribution in [-0.2, 0) is 9.53 Å². The maximum absolute atomic E-state index is 13.9. The number of rotatable bonds is 4. The number of nitrogens with one attached hydrogen (secondary N) is 2. The van der Waals surface area contributed by atoms with Crippen LogP contribution in [0.2, 0.25) is 0 Å². The highest BCUT2D eigenvalue weighted by Gasteiger charge is 2.27. The second-order valence-corrected chi connectivity index (χ2v) is 7.16. The van der Waals surface area contributed by atoms with E-state index in [9.17, 15) is 13.6 Å². The van der Waals surface area contributed by atoms with E-state index >= 15 is 0 Å². The Morgan fingerprint density at radius 1 is 1.33 bits per heavy atom. The summed E-state index contributed by atoms with van der Waals surface area (Å²) in [5.74, 6) is -1.09. The summed E-state index contributed by atoms with van der Waals surface area (Å²) < 4.78 is 33.1. The molecule has 0 aromatic heterocycles. The lowest BCUT2D eigenvalue weighted by molar-refractivity contribution is -0.153. The molecule has 27 heavy (non-hydrogen) atoms. The molecular weight excluding hydrogens is 469 g/mol. The Bertz CT molecular complexity index is 660. The topological polar surface area (TPSA) is 66.0 Å². The second kappa shape index (κ2) is 10.0. The third-order valence-electron chi connectivity index (χ3n) is 3.83. The van der Waals surface area contributed by atoms with Crippen molar-refractivity contribution in [2.24, 2.45) is 4.99 Å². The van der Waals surface area contributed by atoms with Gasteiger partial charge >= 0.3 is 5.97 Å². The molecule has 2 rings (SSSR count). The van der Waals surface area contributed by atoms with Crippen molar-refractivity contribution >= 4 is 41.6 Å². The van der Waals surface area contributed by atoms with Crippen LogP contribution in [0.15, 0.2) is 23.2 Å². The summed E-state index contributed by atoms with van der Waals surface area (Å²) in [5, 5.41) is 6.06. The lowest BCUT2D eigenvalue weighted by atomic mass is 10.2. The number of carbonyl (C=O) groups is 1. The molecule has 1 aromatic rings. The molecular formula is C18H27F2IN4O2. The smallest absolute Gasteiger partial charge is 0.325 e. The van der Waals surface area contributed by atoms with Gasteiger partial charge in [-0.25, -0.2) is 8.78 Å². The normalized spacial score (nSPS) is 17.3. The molecule has 1 aromatic carbocycles. The molecule has 6 nitrogen and oxygen atoms in total. The molecule has 1 heterocycles. The number of carbonyl (C=O) groups excluding carboxylic acids is 1. The van der Waals surface area contributed by atoms with Gasteiger partial charge in [0, 0.05) is 26.2 Å². The summed E-state index contributed by atoms with van der Waals surface area (Å²) in [4.78, 5) is 17.5. The molecule has 0 radical (unpaired) electrons. The van der Waals surface area contributed by atoms with Crippen molar-refractivity contribution in [2.75, 3.05) is 31.6 Å². The number of esters is 1. The minimum absolute atomic E-state index is 0. The first-order valence-electron chi connectivity index (χ1n) is 8.57. The van der Waals surface area contributed by atoms with E-state index < -0.39 is 17.2 Å². The van der Waals surface area contributed by atoms with E-state index in [1.807, 2.05) is 0 Å². The minimum atomic E-state index is -0.571. The van der Waals surface area contributed by atoms with Crippen LogP contribution in [0.25, 0.3) is 0 Å². The van der Waals surface area contributed by atoms with Crippen LogP contribution in [0.5, 0.6) is 0 Å². The van der Waals surface area contributed by atoms with Crippen LogP contribution in [0.4, 0.5) is 14.5 Å². The first kappa shape index (κ1) is 23.4. The fourth-order valence-electron chi connectivity index (χ4n) is 2.79. The molecule has 1 fully saturated rings. The molecule has 0 amide bonds. The van der Waals surface area contributed by atoms with Crippen molar-refractivity contribution < 1.29 is 18.3 Å². The van der Waals surface area contributed by atoms with Crippen molar-refractivity contribution in [3.8, 4) is 0 Å². The zero-order valence-corrected chi connectivity index (χ0v) is 18.3. The molecule has 1 atom stereocenters. The summed E-state index contributed by atoms with van der Waals surface area (Å²) in [7, 11) is 1.59. The zero-order chi connectivity index (χ0) is 19.3. The molecule has 0 aliphatic carbocycles. The van der Waals surface area contributed by atoms with Gasteiger partial charge in [0.25, 0.3) is 0 Å². The van der Waals surface area contributed by atoms with E-state index in [4.69, 9.17) is 4.74 Å². The third kappa shape index (κ3) is 7.11. The Morgan fingerprint density at radius 3 is 2.52 bits per heavy atom. The first-order chi connectivity index (χ1) is 12.2. The van der Waals surface area contributed by atoms with Crippen molar-refractivity contribution in [3.63, 3.8) is 0 Å². The lowest BCUT2D eigenvalue weighted by Gasteiger charge is -2.22. The molecule has 152 valence electrons. The van der Waals surface area contributed by atoms with Gasteiger partial charge in [0.15, 0.2) is 5.96 Å². The SMILES string of the molecule is CN=C(NCC(=O)OC(C)(C)C)NC1CCN(c2c(F)cccc2F)C1.I. The van der Waals surface area contributed by atoms with Crippen LogP contribution in [0.3, 0.4) is 0 Å². The highest BCUT2D eigenvalue weighted by Crippen LogP contribution is 2.26. The number of halogens is 3. The van der Waals surface area contributed by atoms with E-state index in [1.165, 1.54) is 18.2 Å². The van der Waals surface area contributed by atoms with E-state index in [0.29, 0.717) is 25.5 Å². The number of hydrogen-bond acceptors (Lipinski definition) is 4. The summed E-state index contributed by atoms with van der Waals surface area (Å²) >= 11 is 0. The lowest BCUT2D eigenvalue weighted by Crippen LogP contribution is -2.46. The Hall–Kier alpha value is -1.65. The van der Waals surface area contributed by atoms with Crippen molar-refractivity contribution in [2.45, 2.75) is 38.8 Å². The van der Waals surface area contributed by atoms with Crippen molar-refractivity contribution in [1.82, 2.24) is 10.6 Å². The van der Waals surface area contributed by atoms with E-state index in [1.54, 1.807) is 32.7 Å². The molecule has 1 aliphatic rings. The number of para-hydroxylation sites is 1. The number of aliphatic imine (C=N–C) groups is 1. The predicted octanol–water partition coefficient (Wildman–Crippen LogP) is 2.67.